The molecule has 3 rings (SSSR count). The molecule has 0 saturated carbocycles. The Balaban J connectivity index is 1.79. The van der Waals surface area contributed by atoms with Crippen LogP contribution in [0.2, 0.25) is 5.15 Å². The van der Waals surface area contributed by atoms with Crippen LogP contribution in [0.5, 0.6) is 5.75 Å². The summed E-state index contributed by atoms with van der Waals surface area (Å²) in [6.07, 6.45) is 1.46. The summed E-state index contributed by atoms with van der Waals surface area (Å²) >= 11 is 5.75. The van der Waals surface area contributed by atoms with E-state index < -0.39 is 0 Å². The van der Waals surface area contributed by atoms with Crippen molar-refractivity contribution < 1.29 is 14.3 Å². The van der Waals surface area contributed by atoms with Crippen molar-refractivity contribution in [2.75, 3.05) is 17.2 Å². The van der Waals surface area contributed by atoms with Gasteiger partial charge >= 0.3 is 0 Å². The van der Waals surface area contributed by atoms with E-state index in [1.807, 2.05) is 0 Å². The summed E-state index contributed by atoms with van der Waals surface area (Å²) in [6, 6.07) is 8.04. The Hall–Kier alpha value is -2.60. The minimum absolute atomic E-state index is 0.0373. The van der Waals surface area contributed by atoms with Crippen molar-refractivity contribution in [3.8, 4) is 5.75 Å². The van der Waals surface area contributed by atoms with Crippen molar-refractivity contribution in [3.63, 3.8) is 0 Å². The maximum absolute atomic E-state index is 12.1. The molecule has 0 saturated heterocycles. The standard InChI is InChI=1S/C14H10ClN3O3/c15-12-5-8(3-4-16-12)14(20)17-9-1-2-10-11(6-9)21-7-13(19)18-10/h1-6H,7H2,(H,17,20)(H,18,19). The van der Waals surface area contributed by atoms with Gasteiger partial charge in [0.25, 0.3) is 11.8 Å². The van der Waals surface area contributed by atoms with Crippen LogP contribution in [0.15, 0.2) is 36.5 Å². The number of rotatable bonds is 2. The molecule has 2 aromatic rings. The molecule has 1 aromatic heterocycles. The topological polar surface area (TPSA) is 80.3 Å². The van der Waals surface area contributed by atoms with Gasteiger partial charge in [-0.3, -0.25) is 9.59 Å². The summed E-state index contributed by atoms with van der Waals surface area (Å²) in [4.78, 5) is 27.1. The molecular formula is C14H10ClN3O3. The van der Waals surface area contributed by atoms with Gasteiger partial charge in [-0.15, -0.1) is 0 Å². The van der Waals surface area contributed by atoms with Crippen molar-refractivity contribution >= 4 is 34.8 Å². The van der Waals surface area contributed by atoms with Crippen molar-refractivity contribution in [2.24, 2.45) is 0 Å². The van der Waals surface area contributed by atoms with Gasteiger partial charge in [0.05, 0.1) is 5.69 Å². The highest BCUT2D eigenvalue weighted by Gasteiger charge is 2.16. The van der Waals surface area contributed by atoms with E-state index in [1.165, 1.54) is 12.3 Å². The first-order valence-corrected chi connectivity index (χ1v) is 6.49. The van der Waals surface area contributed by atoms with Gasteiger partial charge in [-0.1, -0.05) is 11.6 Å². The van der Waals surface area contributed by atoms with E-state index in [4.69, 9.17) is 16.3 Å². The summed E-state index contributed by atoms with van der Waals surface area (Å²) < 4.78 is 5.29. The van der Waals surface area contributed by atoms with Gasteiger partial charge in [0.15, 0.2) is 6.61 Å². The molecule has 0 atom stereocenters. The quantitative estimate of drug-likeness (QED) is 0.834. The molecule has 2 heterocycles. The van der Waals surface area contributed by atoms with Crippen LogP contribution in [0.1, 0.15) is 10.4 Å². The Labute approximate surface area is 125 Å². The lowest BCUT2D eigenvalue weighted by Crippen LogP contribution is -2.25. The number of aromatic nitrogens is 1. The minimum atomic E-state index is -0.306. The number of hydrogen-bond donors (Lipinski definition) is 2. The molecule has 1 aromatic carbocycles. The van der Waals surface area contributed by atoms with Crippen LogP contribution < -0.4 is 15.4 Å². The van der Waals surface area contributed by atoms with Gasteiger partial charge in [0.2, 0.25) is 0 Å². The fourth-order valence-electron chi connectivity index (χ4n) is 1.90. The third kappa shape index (κ3) is 2.95. The number of amides is 2. The van der Waals surface area contributed by atoms with Crippen molar-refractivity contribution in [3.05, 3.63) is 47.2 Å². The predicted molar refractivity (Wildman–Crippen MR) is 77.8 cm³/mol. The van der Waals surface area contributed by atoms with Crippen LogP contribution in [0.4, 0.5) is 11.4 Å². The molecule has 0 radical (unpaired) electrons. The summed E-state index contributed by atoms with van der Waals surface area (Å²) in [5, 5.41) is 5.66. The van der Waals surface area contributed by atoms with Gasteiger partial charge in [-0.25, -0.2) is 4.98 Å². The second-order valence-corrected chi connectivity index (χ2v) is 4.76. The molecule has 21 heavy (non-hydrogen) atoms. The average Bonchev–Trinajstić information content (AvgIpc) is 2.47. The van der Waals surface area contributed by atoms with Gasteiger partial charge < -0.3 is 15.4 Å². The molecule has 106 valence electrons. The molecule has 0 fully saturated rings. The number of halogens is 1. The van der Waals surface area contributed by atoms with Gasteiger partial charge in [-0.2, -0.15) is 0 Å². The van der Waals surface area contributed by atoms with Crippen LogP contribution in [0.3, 0.4) is 0 Å². The van der Waals surface area contributed by atoms with E-state index in [9.17, 15) is 9.59 Å². The number of carbonyl (C=O) groups is 2. The van der Waals surface area contributed by atoms with Crippen molar-refractivity contribution in [1.29, 1.82) is 0 Å². The van der Waals surface area contributed by atoms with Crippen molar-refractivity contribution in [1.82, 2.24) is 4.98 Å². The Morgan fingerprint density at radius 3 is 3.00 bits per heavy atom. The summed E-state index contributed by atoms with van der Waals surface area (Å²) in [5.41, 5.74) is 1.54. The highest BCUT2D eigenvalue weighted by atomic mass is 35.5. The average molecular weight is 304 g/mol. The summed E-state index contributed by atoms with van der Waals surface area (Å²) in [5.74, 6) is 0.00460. The first-order chi connectivity index (χ1) is 10.1. The van der Waals surface area contributed by atoms with Gasteiger partial charge in [0, 0.05) is 23.5 Å². The molecule has 7 heteroatoms. The summed E-state index contributed by atoms with van der Waals surface area (Å²) in [7, 11) is 0. The molecule has 0 unspecified atom stereocenters. The number of nitrogens with one attached hydrogen (secondary N) is 2. The number of fused-ring (bicyclic) bond motifs is 1. The van der Waals surface area contributed by atoms with Crippen LogP contribution in [0.25, 0.3) is 0 Å². The number of nitrogens with zero attached hydrogens (tertiary/aromatic N) is 1. The molecular weight excluding hydrogens is 294 g/mol. The maximum atomic E-state index is 12.1. The zero-order valence-corrected chi connectivity index (χ0v) is 11.5. The van der Waals surface area contributed by atoms with E-state index in [2.05, 4.69) is 15.6 Å². The Kier molecular flexibility index (Phi) is 3.45. The number of benzene rings is 1. The normalized spacial score (nSPS) is 12.9. The fourth-order valence-corrected chi connectivity index (χ4v) is 2.07. The van der Waals surface area contributed by atoms with Gasteiger partial charge in [-0.05, 0) is 24.3 Å². The van der Waals surface area contributed by atoms with E-state index in [0.717, 1.165) is 0 Å². The maximum Gasteiger partial charge on any atom is 0.262 e. The van der Waals surface area contributed by atoms with E-state index in [-0.39, 0.29) is 23.6 Å². The van der Waals surface area contributed by atoms with E-state index in [0.29, 0.717) is 22.7 Å². The third-order valence-corrected chi connectivity index (χ3v) is 3.07. The second kappa shape index (κ2) is 5.41. The lowest BCUT2D eigenvalue weighted by Gasteiger charge is -2.18. The third-order valence-electron chi connectivity index (χ3n) is 2.86. The number of carbonyl (C=O) groups excluding carboxylic acids is 2. The number of pyridine rings is 1. The highest BCUT2D eigenvalue weighted by Crippen LogP contribution is 2.30. The van der Waals surface area contributed by atoms with Crippen LogP contribution in [0, 0.1) is 0 Å². The molecule has 0 spiro atoms. The first kappa shape index (κ1) is 13.4. The van der Waals surface area contributed by atoms with Gasteiger partial charge in [0.1, 0.15) is 10.9 Å². The summed E-state index contributed by atoms with van der Waals surface area (Å²) in [6.45, 7) is -0.0373. The zero-order valence-electron chi connectivity index (χ0n) is 10.7. The van der Waals surface area contributed by atoms with E-state index >= 15 is 0 Å². The smallest absolute Gasteiger partial charge is 0.262 e. The highest BCUT2D eigenvalue weighted by molar-refractivity contribution is 6.29. The second-order valence-electron chi connectivity index (χ2n) is 4.37. The number of anilines is 2. The number of hydrogen-bond acceptors (Lipinski definition) is 4. The minimum Gasteiger partial charge on any atom is -0.482 e. The van der Waals surface area contributed by atoms with Crippen LogP contribution in [-0.4, -0.2) is 23.4 Å². The SMILES string of the molecule is O=C1COc2cc(NC(=O)c3ccnc(Cl)c3)ccc2N1. The lowest BCUT2D eigenvalue weighted by atomic mass is 10.2. The molecule has 1 aliphatic heterocycles. The molecule has 0 bridgehead atoms. The largest absolute Gasteiger partial charge is 0.482 e. The number of ether oxygens (including phenoxy) is 1. The van der Waals surface area contributed by atoms with Crippen LogP contribution in [-0.2, 0) is 4.79 Å². The first-order valence-electron chi connectivity index (χ1n) is 6.11. The monoisotopic (exact) mass is 303 g/mol. The van der Waals surface area contributed by atoms with E-state index in [1.54, 1.807) is 24.3 Å². The van der Waals surface area contributed by atoms with Crippen LogP contribution >= 0.6 is 11.6 Å². The molecule has 0 aliphatic carbocycles. The zero-order chi connectivity index (χ0) is 14.8. The van der Waals surface area contributed by atoms with Crippen molar-refractivity contribution in [2.45, 2.75) is 0 Å². The predicted octanol–water partition coefficient (Wildman–Crippen LogP) is 2.32. The Morgan fingerprint density at radius 1 is 1.33 bits per heavy atom. The lowest BCUT2D eigenvalue weighted by molar-refractivity contribution is -0.118. The fraction of sp³-hybridized carbons (Fsp3) is 0.0714. The molecule has 1 aliphatic rings. The Morgan fingerprint density at radius 2 is 2.19 bits per heavy atom. The molecule has 2 N–H and O–H groups in total. The molecule has 2 amide bonds. The molecule has 6 nitrogen and oxygen atoms in total. The Bertz CT molecular complexity index is 733.